The molecule has 0 radical (unpaired) electrons. The van der Waals surface area contributed by atoms with E-state index in [2.05, 4.69) is 18.0 Å². The SMILES string of the molecule is CN(CC1CCCC1)C(C)(C)C#N. The van der Waals surface area contributed by atoms with Crippen LogP contribution in [0.25, 0.3) is 0 Å². The maximum atomic E-state index is 8.95. The highest BCUT2D eigenvalue weighted by molar-refractivity contribution is 5.01. The Balaban J connectivity index is 2.40. The Bertz CT molecular complexity index is 197. The van der Waals surface area contributed by atoms with Gasteiger partial charge in [-0.1, -0.05) is 12.8 Å². The van der Waals surface area contributed by atoms with Crippen molar-refractivity contribution in [3.05, 3.63) is 0 Å². The predicted octanol–water partition coefficient (Wildman–Crippen LogP) is 2.41. The van der Waals surface area contributed by atoms with E-state index in [9.17, 15) is 0 Å². The quantitative estimate of drug-likeness (QED) is 0.667. The minimum Gasteiger partial charge on any atom is -0.289 e. The molecule has 0 aliphatic heterocycles. The van der Waals surface area contributed by atoms with Crippen LogP contribution in [0.3, 0.4) is 0 Å². The van der Waals surface area contributed by atoms with Crippen molar-refractivity contribution in [1.82, 2.24) is 4.90 Å². The van der Waals surface area contributed by atoms with Gasteiger partial charge in [0.1, 0.15) is 5.54 Å². The fraction of sp³-hybridized carbons (Fsp3) is 0.909. The predicted molar refractivity (Wildman–Crippen MR) is 54.3 cm³/mol. The molecule has 0 unspecified atom stereocenters. The summed E-state index contributed by atoms with van der Waals surface area (Å²) in [6, 6.07) is 2.34. The molecule has 2 nitrogen and oxygen atoms in total. The molecule has 1 aliphatic rings. The summed E-state index contributed by atoms with van der Waals surface area (Å²) in [6.45, 7) is 5.06. The third-order valence-corrected chi connectivity index (χ3v) is 3.23. The molecule has 0 bridgehead atoms. The van der Waals surface area contributed by atoms with Gasteiger partial charge in [-0.3, -0.25) is 4.90 Å². The lowest BCUT2D eigenvalue weighted by atomic mass is 10.0. The van der Waals surface area contributed by atoms with Gasteiger partial charge in [0.15, 0.2) is 0 Å². The molecule has 0 aromatic carbocycles. The molecular weight excluding hydrogens is 160 g/mol. The van der Waals surface area contributed by atoms with Gasteiger partial charge < -0.3 is 0 Å². The van der Waals surface area contributed by atoms with E-state index in [1.807, 2.05) is 13.8 Å². The lowest BCUT2D eigenvalue weighted by Crippen LogP contribution is -2.42. The highest BCUT2D eigenvalue weighted by Crippen LogP contribution is 2.26. The van der Waals surface area contributed by atoms with Gasteiger partial charge in [0.25, 0.3) is 0 Å². The van der Waals surface area contributed by atoms with E-state index in [0.29, 0.717) is 0 Å². The molecular formula is C11H20N2. The molecule has 0 N–H and O–H groups in total. The molecule has 74 valence electrons. The highest BCUT2D eigenvalue weighted by atomic mass is 15.2. The zero-order chi connectivity index (χ0) is 9.90. The van der Waals surface area contributed by atoms with Crippen LogP contribution in [0, 0.1) is 17.2 Å². The molecule has 0 saturated heterocycles. The van der Waals surface area contributed by atoms with E-state index in [-0.39, 0.29) is 5.54 Å². The van der Waals surface area contributed by atoms with Crippen LogP contribution in [0.5, 0.6) is 0 Å². The third kappa shape index (κ3) is 2.70. The molecule has 2 heteroatoms. The van der Waals surface area contributed by atoms with Crippen LogP contribution < -0.4 is 0 Å². The van der Waals surface area contributed by atoms with E-state index in [0.717, 1.165) is 12.5 Å². The number of hydrogen-bond acceptors (Lipinski definition) is 2. The first-order valence-electron chi connectivity index (χ1n) is 5.19. The van der Waals surface area contributed by atoms with Crippen molar-refractivity contribution in [2.45, 2.75) is 45.1 Å². The van der Waals surface area contributed by atoms with Crippen LogP contribution in [0.4, 0.5) is 0 Å². The van der Waals surface area contributed by atoms with Crippen LogP contribution >= 0.6 is 0 Å². The Morgan fingerprint density at radius 3 is 2.38 bits per heavy atom. The summed E-state index contributed by atoms with van der Waals surface area (Å²) in [5, 5.41) is 8.95. The van der Waals surface area contributed by atoms with Gasteiger partial charge >= 0.3 is 0 Å². The van der Waals surface area contributed by atoms with Crippen molar-refractivity contribution in [1.29, 1.82) is 5.26 Å². The number of nitrogens with zero attached hydrogens (tertiary/aromatic N) is 2. The largest absolute Gasteiger partial charge is 0.289 e. The van der Waals surface area contributed by atoms with Crippen LogP contribution in [-0.2, 0) is 0 Å². The molecule has 0 aromatic heterocycles. The second-order valence-electron chi connectivity index (χ2n) is 4.70. The summed E-state index contributed by atoms with van der Waals surface area (Å²) in [6.07, 6.45) is 5.47. The van der Waals surface area contributed by atoms with E-state index >= 15 is 0 Å². The van der Waals surface area contributed by atoms with E-state index in [1.165, 1.54) is 25.7 Å². The normalized spacial score (nSPS) is 19.3. The van der Waals surface area contributed by atoms with Crippen LogP contribution in [0.15, 0.2) is 0 Å². The van der Waals surface area contributed by atoms with Crippen molar-refractivity contribution in [3.63, 3.8) is 0 Å². The second kappa shape index (κ2) is 4.11. The van der Waals surface area contributed by atoms with Gasteiger partial charge in [-0.15, -0.1) is 0 Å². The zero-order valence-electron chi connectivity index (χ0n) is 9.01. The minimum absolute atomic E-state index is 0.303. The molecule has 0 spiro atoms. The van der Waals surface area contributed by atoms with Crippen molar-refractivity contribution >= 4 is 0 Å². The summed E-state index contributed by atoms with van der Waals surface area (Å²) < 4.78 is 0. The summed E-state index contributed by atoms with van der Waals surface area (Å²) >= 11 is 0. The Hall–Kier alpha value is -0.550. The first-order chi connectivity index (χ1) is 6.06. The second-order valence-corrected chi connectivity index (χ2v) is 4.70. The lowest BCUT2D eigenvalue weighted by molar-refractivity contribution is 0.180. The van der Waals surface area contributed by atoms with Gasteiger partial charge in [-0.25, -0.2) is 0 Å². The number of hydrogen-bond donors (Lipinski definition) is 0. The van der Waals surface area contributed by atoms with Gasteiger partial charge in [0.2, 0.25) is 0 Å². The molecule has 1 aliphatic carbocycles. The van der Waals surface area contributed by atoms with Crippen LogP contribution in [0.1, 0.15) is 39.5 Å². The van der Waals surface area contributed by atoms with Gasteiger partial charge in [0, 0.05) is 6.54 Å². The summed E-state index contributed by atoms with van der Waals surface area (Å²) in [7, 11) is 2.06. The number of nitriles is 1. The summed E-state index contributed by atoms with van der Waals surface area (Å²) in [5.41, 5.74) is -0.303. The smallest absolute Gasteiger partial charge is 0.103 e. The molecule has 1 fully saturated rings. The van der Waals surface area contributed by atoms with E-state index in [4.69, 9.17) is 5.26 Å². The lowest BCUT2D eigenvalue weighted by Gasteiger charge is -2.31. The van der Waals surface area contributed by atoms with Crippen molar-refractivity contribution in [3.8, 4) is 6.07 Å². The topological polar surface area (TPSA) is 27.0 Å². The average Bonchev–Trinajstić information content (AvgIpc) is 2.57. The molecule has 0 aromatic rings. The van der Waals surface area contributed by atoms with Crippen LogP contribution in [-0.4, -0.2) is 24.0 Å². The Morgan fingerprint density at radius 1 is 1.38 bits per heavy atom. The third-order valence-electron chi connectivity index (χ3n) is 3.23. The number of rotatable bonds is 3. The molecule has 1 rings (SSSR count). The van der Waals surface area contributed by atoms with Gasteiger partial charge in [-0.05, 0) is 39.7 Å². The highest BCUT2D eigenvalue weighted by Gasteiger charge is 2.26. The Labute approximate surface area is 81.5 Å². The zero-order valence-corrected chi connectivity index (χ0v) is 9.01. The molecule has 13 heavy (non-hydrogen) atoms. The standard InChI is InChI=1S/C11H20N2/c1-11(2,9-12)13(3)8-10-6-4-5-7-10/h10H,4-8H2,1-3H3. The average molecular weight is 180 g/mol. The van der Waals surface area contributed by atoms with Gasteiger partial charge in [0.05, 0.1) is 6.07 Å². The minimum atomic E-state index is -0.303. The maximum absolute atomic E-state index is 8.95. The van der Waals surface area contributed by atoms with E-state index < -0.39 is 0 Å². The monoisotopic (exact) mass is 180 g/mol. The molecule has 0 amide bonds. The summed E-state index contributed by atoms with van der Waals surface area (Å²) in [4.78, 5) is 2.18. The van der Waals surface area contributed by atoms with Crippen molar-refractivity contribution in [2.24, 2.45) is 5.92 Å². The fourth-order valence-corrected chi connectivity index (χ4v) is 1.89. The van der Waals surface area contributed by atoms with Crippen molar-refractivity contribution < 1.29 is 0 Å². The molecule has 0 atom stereocenters. The summed E-state index contributed by atoms with van der Waals surface area (Å²) in [5.74, 6) is 0.831. The first kappa shape index (κ1) is 10.5. The first-order valence-corrected chi connectivity index (χ1v) is 5.19. The molecule has 0 heterocycles. The molecule has 1 saturated carbocycles. The maximum Gasteiger partial charge on any atom is 0.103 e. The van der Waals surface area contributed by atoms with Crippen molar-refractivity contribution in [2.75, 3.05) is 13.6 Å². The Kier molecular flexibility index (Phi) is 3.33. The van der Waals surface area contributed by atoms with Gasteiger partial charge in [-0.2, -0.15) is 5.26 Å². The van der Waals surface area contributed by atoms with E-state index in [1.54, 1.807) is 0 Å². The van der Waals surface area contributed by atoms with Crippen LogP contribution in [0.2, 0.25) is 0 Å². The Morgan fingerprint density at radius 2 is 1.92 bits per heavy atom. The fourth-order valence-electron chi connectivity index (χ4n) is 1.89.